The summed E-state index contributed by atoms with van der Waals surface area (Å²) < 4.78 is 5.09. The Kier molecular flexibility index (Phi) is 1.71. The minimum absolute atomic E-state index is 0.0438. The van der Waals surface area contributed by atoms with E-state index in [9.17, 15) is 9.59 Å². The first kappa shape index (κ1) is 7.53. The number of hydrogen-bond acceptors (Lipinski definition) is 3. The Morgan fingerprint density at radius 1 is 1.67 bits per heavy atom. The molecular formula is C9H10O3. The molecule has 64 valence electrons. The molecule has 0 saturated carbocycles. The van der Waals surface area contributed by atoms with Crippen LogP contribution in [-0.2, 0) is 14.3 Å². The molecule has 1 aliphatic carbocycles. The van der Waals surface area contributed by atoms with Crippen molar-refractivity contribution in [3.63, 3.8) is 0 Å². The molecule has 0 aromatic heterocycles. The fourth-order valence-electron chi connectivity index (χ4n) is 1.93. The average molecular weight is 166 g/mol. The predicted molar refractivity (Wildman–Crippen MR) is 41.3 cm³/mol. The number of rotatable bonds is 2. The van der Waals surface area contributed by atoms with Crippen LogP contribution in [0.25, 0.3) is 0 Å². The molecule has 0 aromatic rings. The fraction of sp³-hybridized carbons (Fsp3) is 0.556. The molecule has 1 saturated heterocycles. The van der Waals surface area contributed by atoms with Crippen molar-refractivity contribution in [1.29, 1.82) is 0 Å². The lowest BCUT2D eigenvalue weighted by atomic mass is 9.83. The van der Waals surface area contributed by atoms with Crippen LogP contribution in [0.3, 0.4) is 0 Å². The Hall–Kier alpha value is -1.12. The Morgan fingerprint density at radius 2 is 2.50 bits per heavy atom. The summed E-state index contributed by atoms with van der Waals surface area (Å²) in [5.41, 5.74) is 0. The SMILES string of the molecule is O=CC[C@H]1[C@@H]2C=CC[C@H]1OC2=O. The van der Waals surface area contributed by atoms with Crippen molar-refractivity contribution in [3.8, 4) is 0 Å². The molecule has 0 unspecified atom stereocenters. The molecule has 0 spiro atoms. The lowest BCUT2D eigenvalue weighted by molar-refractivity contribution is -0.142. The second kappa shape index (κ2) is 2.73. The normalized spacial score (nSPS) is 38.0. The first-order valence-corrected chi connectivity index (χ1v) is 4.13. The molecule has 3 atom stereocenters. The third-order valence-corrected chi connectivity index (χ3v) is 2.56. The van der Waals surface area contributed by atoms with Crippen LogP contribution in [0.15, 0.2) is 12.2 Å². The van der Waals surface area contributed by atoms with Gasteiger partial charge in [0.2, 0.25) is 0 Å². The highest BCUT2D eigenvalue weighted by Gasteiger charge is 2.44. The van der Waals surface area contributed by atoms with Gasteiger partial charge in [0.1, 0.15) is 12.4 Å². The number of ether oxygens (including phenoxy) is 1. The van der Waals surface area contributed by atoms with Crippen LogP contribution in [0.5, 0.6) is 0 Å². The Bertz CT molecular complexity index is 244. The highest BCUT2D eigenvalue weighted by molar-refractivity contribution is 5.78. The van der Waals surface area contributed by atoms with E-state index in [4.69, 9.17) is 4.74 Å². The molecular weight excluding hydrogens is 156 g/mol. The van der Waals surface area contributed by atoms with E-state index in [1.807, 2.05) is 12.2 Å². The molecule has 1 fully saturated rings. The molecule has 1 aliphatic heterocycles. The predicted octanol–water partition coefficient (Wildman–Crippen LogP) is 0.693. The van der Waals surface area contributed by atoms with E-state index in [1.54, 1.807) is 0 Å². The largest absolute Gasteiger partial charge is 0.461 e. The lowest BCUT2D eigenvalue weighted by Gasteiger charge is -2.18. The van der Waals surface area contributed by atoms with Crippen molar-refractivity contribution in [2.45, 2.75) is 18.9 Å². The van der Waals surface area contributed by atoms with Gasteiger partial charge in [-0.15, -0.1) is 0 Å². The third-order valence-electron chi connectivity index (χ3n) is 2.56. The van der Waals surface area contributed by atoms with Crippen LogP contribution in [-0.4, -0.2) is 18.4 Å². The number of aldehydes is 1. The summed E-state index contributed by atoms with van der Waals surface area (Å²) >= 11 is 0. The summed E-state index contributed by atoms with van der Waals surface area (Å²) in [7, 11) is 0. The third kappa shape index (κ3) is 0.967. The van der Waals surface area contributed by atoms with E-state index >= 15 is 0 Å². The topological polar surface area (TPSA) is 43.4 Å². The maximum Gasteiger partial charge on any atom is 0.313 e. The van der Waals surface area contributed by atoms with E-state index in [1.165, 1.54) is 0 Å². The van der Waals surface area contributed by atoms with Gasteiger partial charge >= 0.3 is 5.97 Å². The van der Waals surface area contributed by atoms with E-state index in [2.05, 4.69) is 0 Å². The van der Waals surface area contributed by atoms with E-state index < -0.39 is 0 Å². The zero-order valence-corrected chi connectivity index (χ0v) is 6.60. The Labute approximate surface area is 70.4 Å². The first-order chi connectivity index (χ1) is 5.83. The highest BCUT2D eigenvalue weighted by atomic mass is 16.6. The van der Waals surface area contributed by atoms with Gasteiger partial charge in [-0.1, -0.05) is 12.2 Å². The minimum Gasteiger partial charge on any atom is -0.461 e. The molecule has 1 heterocycles. The number of esters is 1. The van der Waals surface area contributed by atoms with Gasteiger partial charge in [0, 0.05) is 18.8 Å². The van der Waals surface area contributed by atoms with E-state index in [0.717, 1.165) is 12.7 Å². The lowest BCUT2D eigenvalue weighted by Crippen LogP contribution is -2.22. The average Bonchev–Trinajstić information content (AvgIpc) is 2.27. The number of fused-ring (bicyclic) bond motifs is 2. The zero-order chi connectivity index (χ0) is 8.55. The standard InChI is InChI=1S/C9H10O3/c10-5-4-6-7-2-1-3-8(6)12-9(7)11/h1-2,5-8H,3-4H2/t6-,7-,8+/m0/s1. The summed E-state index contributed by atoms with van der Waals surface area (Å²) in [6.45, 7) is 0. The fourth-order valence-corrected chi connectivity index (χ4v) is 1.93. The molecule has 0 N–H and O–H groups in total. The summed E-state index contributed by atoms with van der Waals surface area (Å²) in [6.07, 6.45) is 5.84. The van der Waals surface area contributed by atoms with Gasteiger partial charge in [0.15, 0.2) is 0 Å². The molecule has 0 aromatic carbocycles. The van der Waals surface area contributed by atoms with Crippen molar-refractivity contribution in [2.75, 3.05) is 0 Å². The highest BCUT2D eigenvalue weighted by Crippen LogP contribution is 2.36. The molecule has 3 nitrogen and oxygen atoms in total. The zero-order valence-electron chi connectivity index (χ0n) is 6.60. The molecule has 3 heteroatoms. The van der Waals surface area contributed by atoms with Crippen LogP contribution < -0.4 is 0 Å². The van der Waals surface area contributed by atoms with Gasteiger partial charge in [-0.2, -0.15) is 0 Å². The van der Waals surface area contributed by atoms with Gasteiger partial charge in [0.05, 0.1) is 5.92 Å². The van der Waals surface area contributed by atoms with Crippen LogP contribution in [0, 0.1) is 11.8 Å². The molecule has 0 amide bonds. The van der Waals surface area contributed by atoms with Gasteiger partial charge in [-0.05, 0) is 0 Å². The van der Waals surface area contributed by atoms with Crippen LogP contribution in [0.1, 0.15) is 12.8 Å². The van der Waals surface area contributed by atoms with Gasteiger partial charge in [-0.25, -0.2) is 0 Å². The maximum absolute atomic E-state index is 11.2. The molecule has 0 radical (unpaired) electrons. The summed E-state index contributed by atoms with van der Waals surface area (Å²) in [6, 6.07) is 0. The summed E-state index contributed by atoms with van der Waals surface area (Å²) in [4.78, 5) is 21.5. The Morgan fingerprint density at radius 3 is 3.17 bits per heavy atom. The second-order valence-electron chi connectivity index (χ2n) is 3.23. The second-order valence-corrected chi connectivity index (χ2v) is 3.23. The summed E-state index contributed by atoms with van der Waals surface area (Å²) in [5.74, 6) is -0.227. The number of carbonyl (C=O) groups is 2. The van der Waals surface area contributed by atoms with Crippen LogP contribution in [0.4, 0.5) is 0 Å². The van der Waals surface area contributed by atoms with Gasteiger partial charge in [0.25, 0.3) is 0 Å². The minimum atomic E-state index is -0.166. The van der Waals surface area contributed by atoms with Crippen molar-refractivity contribution in [2.24, 2.45) is 11.8 Å². The van der Waals surface area contributed by atoms with Crippen molar-refractivity contribution in [1.82, 2.24) is 0 Å². The monoisotopic (exact) mass is 166 g/mol. The molecule has 2 aliphatic rings. The van der Waals surface area contributed by atoms with Gasteiger partial charge < -0.3 is 9.53 Å². The van der Waals surface area contributed by atoms with E-state index in [-0.39, 0.29) is 23.9 Å². The van der Waals surface area contributed by atoms with Crippen molar-refractivity contribution in [3.05, 3.63) is 12.2 Å². The smallest absolute Gasteiger partial charge is 0.313 e. The van der Waals surface area contributed by atoms with Crippen molar-refractivity contribution < 1.29 is 14.3 Å². The molecule has 2 rings (SSSR count). The quantitative estimate of drug-likeness (QED) is 0.344. The Balaban J connectivity index is 2.21. The summed E-state index contributed by atoms with van der Waals surface area (Å²) in [5, 5.41) is 0. The van der Waals surface area contributed by atoms with Gasteiger partial charge in [-0.3, -0.25) is 4.79 Å². The maximum atomic E-state index is 11.2. The first-order valence-electron chi connectivity index (χ1n) is 4.13. The number of carbonyl (C=O) groups excluding carboxylic acids is 2. The molecule has 2 bridgehead atoms. The van der Waals surface area contributed by atoms with Crippen LogP contribution >= 0.6 is 0 Å². The van der Waals surface area contributed by atoms with Crippen LogP contribution in [0.2, 0.25) is 0 Å². The van der Waals surface area contributed by atoms with Crippen molar-refractivity contribution >= 4 is 12.3 Å². The van der Waals surface area contributed by atoms with E-state index in [0.29, 0.717) is 6.42 Å². The molecule has 12 heavy (non-hydrogen) atoms. The number of hydrogen-bond donors (Lipinski definition) is 0.